The highest BCUT2D eigenvalue weighted by molar-refractivity contribution is 8.27. The zero-order chi connectivity index (χ0) is 19.0. The number of amides is 1. The van der Waals surface area contributed by atoms with E-state index >= 15 is 0 Å². The van der Waals surface area contributed by atoms with E-state index in [0.29, 0.717) is 9.23 Å². The molecule has 6 heteroatoms. The van der Waals surface area contributed by atoms with Crippen molar-refractivity contribution in [3.05, 3.63) is 71.0 Å². The average molecular weight is 397 g/mol. The van der Waals surface area contributed by atoms with E-state index in [0.717, 1.165) is 29.4 Å². The van der Waals surface area contributed by atoms with Crippen molar-refractivity contribution in [1.29, 1.82) is 0 Å². The summed E-state index contributed by atoms with van der Waals surface area (Å²) in [7, 11) is 0. The lowest BCUT2D eigenvalue weighted by molar-refractivity contribution is -0.113. The van der Waals surface area contributed by atoms with E-state index in [9.17, 15) is 9.18 Å². The number of halogens is 1. The summed E-state index contributed by atoms with van der Waals surface area (Å²) in [4.78, 5) is 14.7. The van der Waals surface area contributed by atoms with Crippen LogP contribution in [0.2, 0.25) is 0 Å². The van der Waals surface area contributed by atoms with Crippen LogP contribution in [0.5, 0.6) is 0 Å². The first-order valence-electron chi connectivity index (χ1n) is 8.70. The number of thiocarbonyl (C=S) groups is 1. The predicted molar refractivity (Wildman–Crippen MR) is 114 cm³/mol. The molecule has 2 heterocycles. The van der Waals surface area contributed by atoms with Gasteiger partial charge in [0.1, 0.15) is 5.82 Å². The maximum Gasteiger partial charge on any atom is 0.270 e. The highest BCUT2D eigenvalue weighted by atomic mass is 32.2. The summed E-state index contributed by atoms with van der Waals surface area (Å²) >= 11 is 6.55. The molecule has 1 saturated heterocycles. The van der Waals surface area contributed by atoms with Gasteiger partial charge in [-0.25, -0.2) is 4.39 Å². The molecule has 0 unspecified atom stereocenters. The van der Waals surface area contributed by atoms with Gasteiger partial charge >= 0.3 is 0 Å². The molecule has 1 aliphatic rings. The Morgan fingerprint density at radius 2 is 1.89 bits per heavy atom. The van der Waals surface area contributed by atoms with Crippen molar-refractivity contribution in [2.24, 2.45) is 0 Å². The number of aryl methyl sites for hydroxylation is 1. The Balaban J connectivity index is 1.76. The van der Waals surface area contributed by atoms with Gasteiger partial charge in [0.15, 0.2) is 4.32 Å². The molecule has 1 amide bonds. The number of hydrogen-bond donors (Lipinski definition) is 0. The number of carbonyl (C=O) groups is 1. The van der Waals surface area contributed by atoms with Crippen LogP contribution in [0, 0.1) is 5.82 Å². The van der Waals surface area contributed by atoms with Gasteiger partial charge in [-0.05, 0) is 30.7 Å². The molecular weight excluding hydrogens is 379 g/mol. The van der Waals surface area contributed by atoms with E-state index in [1.807, 2.05) is 24.3 Å². The zero-order valence-corrected chi connectivity index (χ0v) is 16.3. The van der Waals surface area contributed by atoms with E-state index in [4.69, 9.17) is 12.2 Å². The lowest BCUT2D eigenvalue weighted by Crippen LogP contribution is -2.28. The van der Waals surface area contributed by atoms with Gasteiger partial charge in [-0.15, -0.1) is 0 Å². The van der Waals surface area contributed by atoms with E-state index in [1.54, 1.807) is 18.2 Å². The monoisotopic (exact) mass is 396 g/mol. The van der Waals surface area contributed by atoms with E-state index in [2.05, 4.69) is 23.8 Å². The Morgan fingerprint density at radius 1 is 1.15 bits per heavy atom. The lowest BCUT2D eigenvalue weighted by Gasteiger charge is -2.14. The lowest BCUT2D eigenvalue weighted by atomic mass is 10.1. The van der Waals surface area contributed by atoms with E-state index < -0.39 is 5.82 Å². The first kappa shape index (κ1) is 17.9. The quantitative estimate of drug-likeness (QED) is 0.424. The number of fused-ring (bicyclic) bond motifs is 1. The SMILES string of the molecule is CCCn1cc(/C=C2/SC(=S)N(c3ccccc3F)C2=O)c2ccccc21. The summed E-state index contributed by atoms with van der Waals surface area (Å²) in [6.07, 6.45) is 4.94. The van der Waals surface area contributed by atoms with E-state index in [-0.39, 0.29) is 11.6 Å². The molecule has 2 aromatic carbocycles. The minimum absolute atomic E-state index is 0.191. The third-order valence-electron chi connectivity index (χ3n) is 4.46. The molecule has 3 nitrogen and oxygen atoms in total. The topological polar surface area (TPSA) is 25.2 Å². The Kier molecular flexibility index (Phi) is 4.85. The number of aromatic nitrogens is 1. The molecule has 0 spiro atoms. The van der Waals surface area contributed by atoms with Crippen LogP contribution in [0.3, 0.4) is 0 Å². The van der Waals surface area contributed by atoms with Gasteiger partial charge in [0, 0.05) is 29.2 Å². The number of anilines is 1. The Morgan fingerprint density at radius 3 is 2.67 bits per heavy atom. The average Bonchev–Trinajstić information content (AvgIpc) is 3.14. The van der Waals surface area contributed by atoms with Crippen molar-refractivity contribution in [3.63, 3.8) is 0 Å². The van der Waals surface area contributed by atoms with Gasteiger partial charge in [-0.3, -0.25) is 9.69 Å². The van der Waals surface area contributed by atoms with Crippen molar-refractivity contribution in [2.75, 3.05) is 4.90 Å². The predicted octanol–water partition coefficient (Wildman–Crippen LogP) is 5.60. The number of benzene rings is 2. The maximum atomic E-state index is 14.2. The fraction of sp³-hybridized carbons (Fsp3) is 0.143. The maximum absolute atomic E-state index is 14.2. The number of nitrogens with zero attached hydrogens (tertiary/aromatic N) is 2. The van der Waals surface area contributed by atoms with Crippen LogP contribution >= 0.6 is 24.0 Å². The molecule has 4 rings (SSSR count). The molecule has 27 heavy (non-hydrogen) atoms. The third-order valence-corrected chi connectivity index (χ3v) is 5.76. The fourth-order valence-corrected chi connectivity index (χ4v) is 4.54. The normalized spacial score (nSPS) is 16.1. The van der Waals surface area contributed by atoms with Gasteiger partial charge in [0.25, 0.3) is 5.91 Å². The van der Waals surface area contributed by atoms with Crippen molar-refractivity contribution < 1.29 is 9.18 Å². The van der Waals surface area contributed by atoms with Crippen molar-refractivity contribution in [2.45, 2.75) is 19.9 Å². The largest absolute Gasteiger partial charge is 0.347 e. The van der Waals surface area contributed by atoms with Gasteiger partial charge in [-0.2, -0.15) is 0 Å². The molecule has 0 bridgehead atoms. The molecule has 0 saturated carbocycles. The number of hydrogen-bond acceptors (Lipinski definition) is 3. The highest BCUT2D eigenvalue weighted by Gasteiger charge is 2.34. The van der Waals surface area contributed by atoms with E-state index in [1.165, 1.54) is 22.7 Å². The molecule has 1 fully saturated rings. The Hall–Kier alpha value is -2.44. The molecule has 136 valence electrons. The first-order valence-corrected chi connectivity index (χ1v) is 9.93. The summed E-state index contributed by atoms with van der Waals surface area (Å²) in [5, 5.41) is 1.09. The van der Waals surface area contributed by atoms with Crippen LogP contribution in [0.4, 0.5) is 10.1 Å². The summed E-state index contributed by atoms with van der Waals surface area (Å²) in [6.45, 7) is 3.04. The molecule has 0 N–H and O–H groups in total. The van der Waals surface area contributed by atoms with Gasteiger partial charge in [-0.1, -0.05) is 61.2 Å². The second-order valence-corrected chi connectivity index (χ2v) is 7.94. The summed E-state index contributed by atoms with van der Waals surface area (Å²) in [5.74, 6) is -0.753. The highest BCUT2D eigenvalue weighted by Crippen LogP contribution is 2.38. The Bertz CT molecular complexity index is 1090. The van der Waals surface area contributed by atoms with Crippen LogP contribution in [-0.2, 0) is 11.3 Å². The molecule has 0 aliphatic carbocycles. The second-order valence-electron chi connectivity index (χ2n) is 6.26. The van der Waals surface area contributed by atoms with Crippen LogP contribution in [-0.4, -0.2) is 14.8 Å². The van der Waals surface area contributed by atoms with Crippen molar-refractivity contribution >= 4 is 56.9 Å². The first-order chi connectivity index (χ1) is 13.1. The van der Waals surface area contributed by atoms with Gasteiger partial charge in [0.2, 0.25) is 0 Å². The van der Waals surface area contributed by atoms with Crippen molar-refractivity contribution in [1.82, 2.24) is 4.57 Å². The molecule has 3 aromatic rings. The minimum atomic E-state index is -0.463. The van der Waals surface area contributed by atoms with Crippen LogP contribution in [0.15, 0.2) is 59.6 Å². The number of rotatable bonds is 4. The number of carbonyl (C=O) groups excluding carboxylic acids is 1. The third kappa shape index (κ3) is 3.19. The smallest absolute Gasteiger partial charge is 0.270 e. The molecule has 1 aliphatic heterocycles. The molecule has 1 aromatic heterocycles. The van der Waals surface area contributed by atoms with Crippen LogP contribution in [0.25, 0.3) is 17.0 Å². The fourth-order valence-electron chi connectivity index (χ4n) is 3.27. The molecule has 0 radical (unpaired) electrons. The zero-order valence-electron chi connectivity index (χ0n) is 14.7. The number of thioether (sulfide) groups is 1. The van der Waals surface area contributed by atoms with Crippen LogP contribution in [0.1, 0.15) is 18.9 Å². The molecule has 0 atom stereocenters. The van der Waals surface area contributed by atoms with Gasteiger partial charge < -0.3 is 4.57 Å². The second kappa shape index (κ2) is 7.29. The summed E-state index contributed by atoms with van der Waals surface area (Å²) < 4.78 is 16.7. The molecular formula is C21H17FN2OS2. The number of para-hydroxylation sites is 2. The standard InChI is InChI=1S/C21H17FN2OS2/c1-2-11-23-13-14(15-7-3-5-9-17(15)23)12-19-20(25)24(21(26)27-19)18-10-6-4-8-16(18)22/h3-10,12-13H,2,11H2,1H3/b19-12+. The van der Waals surface area contributed by atoms with Crippen molar-refractivity contribution in [3.8, 4) is 0 Å². The Labute approximate surface area is 166 Å². The van der Waals surface area contributed by atoms with Crippen LogP contribution < -0.4 is 4.90 Å². The van der Waals surface area contributed by atoms with Gasteiger partial charge in [0.05, 0.1) is 10.6 Å². The summed E-state index contributed by atoms with van der Waals surface area (Å²) in [5.41, 5.74) is 2.29. The minimum Gasteiger partial charge on any atom is -0.347 e. The summed E-state index contributed by atoms with van der Waals surface area (Å²) in [6, 6.07) is 14.3.